The molecular weight excluding hydrogens is 185 g/mol. The fourth-order valence-corrected chi connectivity index (χ4v) is 1.19. The average molecular weight is 193 g/mol. The van der Waals surface area contributed by atoms with E-state index in [1.165, 1.54) is 18.5 Å². The number of aliphatic hydroxyl groups is 1. The van der Waals surface area contributed by atoms with Gasteiger partial charge in [0, 0.05) is 5.56 Å². The summed E-state index contributed by atoms with van der Waals surface area (Å²) in [4.78, 5) is 3.75. The summed E-state index contributed by atoms with van der Waals surface area (Å²) < 4.78 is 13.2. The van der Waals surface area contributed by atoms with Crippen molar-refractivity contribution in [3.8, 4) is 0 Å². The van der Waals surface area contributed by atoms with Crippen molar-refractivity contribution in [3.63, 3.8) is 0 Å². The van der Waals surface area contributed by atoms with Crippen LogP contribution in [0.25, 0.3) is 0 Å². The van der Waals surface area contributed by atoms with Crippen molar-refractivity contribution in [2.24, 2.45) is 0 Å². The minimum atomic E-state index is -1.10. The maximum Gasteiger partial charge on any atom is 0.157 e. The monoisotopic (exact) mass is 193 g/mol. The Morgan fingerprint density at radius 1 is 1.36 bits per heavy atom. The number of aliphatic hydroxyl groups excluding tert-OH is 1. The van der Waals surface area contributed by atoms with Gasteiger partial charge in [0.15, 0.2) is 5.82 Å². The van der Waals surface area contributed by atoms with Gasteiger partial charge in [0.2, 0.25) is 0 Å². The van der Waals surface area contributed by atoms with E-state index in [0.29, 0.717) is 0 Å². The molecule has 1 unspecified atom stereocenters. The molecule has 0 fully saturated rings. The second kappa shape index (κ2) is 3.55. The standard InChI is InChI=1S/C9H8FN3O/c10-7-4-2-1-3-6(7)8(14)9-11-5-12-13-9/h1-5,8,14H,(H,11,12,13). The second-order valence-corrected chi connectivity index (χ2v) is 2.79. The summed E-state index contributed by atoms with van der Waals surface area (Å²) in [5.74, 6) is -0.230. The lowest BCUT2D eigenvalue weighted by Crippen LogP contribution is -2.04. The summed E-state index contributed by atoms with van der Waals surface area (Å²) >= 11 is 0. The zero-order chi connectivity index (χ0) is 9.97. The summed E-state index contributed by atoms with van der Waals surface area (Å²) in [7, 11) is 0. The highest BCUT2D eigenvalue weighted by atomic mass is 19.1. The molecule has 2 rings (SSSR count). The molecule has 0 radical (unpaired) electrons. The molecule has 1 aromatic carbocycles. The predicted molar refractivity (Wildman–Crippen MR) is 46.8 cm³/mol. The summed E-state index contributed by atoms with van der Waals surface area (Å²) in [6.07, 6.45) is 0.165. The Morgan fingerprint density at radius 2 is 2.14 bits per heavy atom. The third kappa shape index (κ3) is 1.49. The normalized spacial score (nSPS) is 12.7. The number of aromatic amines is 1. The number of nitrogens with one attached hydrogen (secondary N) is 1. The minimum Gasteiger partial charge on any atom is -0.380 e. The number of hydrogen-bond donors (Lipinski definition) is 2. The fourth-order valence-electron chi connectivity index (χ4n) is 1.19. The maximum atomic E-state index is 13.2. The van der Waals surface area contributed by atoms with Gasteiger partial charge in [-0.2, -0.15) is 5.10 Å². The van der Waals surface area contributed by atoms with Crippen LogP contribution in [0.2, 0.25) is 0 Å². The van der Waals surface area contributed by atoms with E-state index in [1.54, 1.807) is 12.1 Å². The second-order valence-electron chi connectivity index (χ2n) is 2.79. The smallest absolute Gasteiger partial charge is 0.157 e. The highest BCUT2D eigenvalue weighted by Gasteiger charge is 2.16. The van der Waals surface area contributed by atoms with Gasteiger partial charge in [-0.05, 0) is 6.07 Å². The van der Waals surface area contributed by atoms with Gasteiger partial charge in [0.1, 0.15) is 18.2 Å². The van der Waals surface area contributed by atoms with Crippen molar-refractivity contribution in [1.29, 1.82) is 0 Å². The molecule has 2 aromatic rings. The highest BCUT2D eigenvalue weighted by molar-refractivity contribution is 5.23. The number of aromatic nitrogens is 3. The van der Waals surface area contributed by atoms with Gasteiger partial charge in [-0.25, -0.2) is 9.37 Å². The first-order valence-corrected chi connectivity index (χ1v) is 4.07. The van der Waals surface area contributed by atoms with Crippen LogP contribution in [-0.4, -0.2) is 20.3 Å². The lowest BCUT2D eigenvalue weighted by atomic mass is 10.1. The maximum absolute atomic E-state index is 13.2. The van der Waals surface area contributed by atoms with Gasteiger partial charge in [-0.3, -0.25) is 5.10 Å². The molecule has 1 atom stereocenters. The SMILES string of the molecule is OC(c1ncn[nH]1)c1ccccc1F. The van der Waals surface area contributed by atoms with E-state index in [-0.39, 0.29) is 11.4 Å². The van der Waals surface area contributed by atoms with Crippen molar-refractivity contribution in [3.05, 3.63) is 47.8 Å². The van der Waals surface area contributed by atoms with E-state index in [9.17, 15) is 9.50 Å². The predicted octanol–water partition coefficient (Wildman–Crippen LogP) is 1.03. The molecule has 0 aliphatic heterocycles. The van der Waals surface area contributed by atoms with Crippen LogP contribution in [-0.2, 0) is 0 Å². The van der Waals surface area contributed by atoms with E-state index in [4.69, 9.17) is 0 Å². The third-order valence-electron chi connectivity index (χ3n) is 1.89. The van der Waals surface area contributed by atoms with E-state index in [1.807, 2.05) is 0 Å². The first-order chi connectivity index (χ1) is 6.79. The first kappa shape index (κ1) is 8.83. The van der Waals surface area contributed by atoms with Gasteiger partial charge < -0.3 is 5.11 Å². The Kier molecular flexibility index (Phi) is 2.24. The minimum absolute atomic E-state index is 0.184. The first-order valence-electron chi connectivity index (χ1n) is 4.07. The Balaban J connectivity index is 2.37. The van der Waals surface area contributed by atoms with Crippen LogP contribution in [0.4, 0.5) is 4.39 Å². The zero-order valence-corrected chi connectivity index (χ0v) is 7.18. The Labute approximate surface area is 79.4 Å². The Bertz CT molecular complexity index is 416. The molecule has 72 valence electrons. The molecule has 0 bridgehead atoms. The van der Waals surface area contributed by atoms with Crippen LogP contribution in [0.15, 0.2) is 30.6 Å². The van der Waals surface area contributed by atoms with Crippen molar-refractivity contribution in [2.45, 2.75) is 6.10 Å². The van der Waals surface area contributed by atoms with E-state index < -0.39 is 11.9 Å². The van der Waals surface area contributed by atoms with E-state index in [2.05, 4.69) is 15.2 Å². The quantitative estimate of drug-likeness (QED) is 0.748. The van der Waals surface area contributed by atoms with E-state index >= 15 is 0 Å². The molecule has 0 aliphatic rings. The van der Waals surface area contributed by atoms with Gasteiger partial charge in [0.05, 0.1) is 0 Å². The van der Waals surface area contributed by atoms with Gasteiger partial charge >= 0.3 is 0 Å². The van der Waals surface area contributed by atoms with Crippen LogP contribution in [0.3, 0.4) is 0 Å². The van der Waals surface area contributed by atoms with Gasteiger partial charge in [-0.1, -0.05) is 18.2 Å². The number of H-pyrrole nitrogens is 1. The largest absolute Gasteiger partial charge is 0.380 e. The molecule has 0 aliphatic carbocycles. The van der Waals surface area contributed by atoms with Crippen molar-refractivity contribution in [2.75, 3.05) is 0 Å². The number of benzene rings is 1. The fraction of sp³-hybridized carbons (Fsp3) is 0.111. The Hall–Kier alpha value is -1.75. The zero-order valence-electron chi connectivity index (χ0n) is 7.18. The van der Waals surface area contributed by atoms with Crippen molar-refractivity contribution < 1.29 is 9.50 Å². The van der Waals surface area contributed by atoms with Crippen LogP contribution in [0.5, 0.6) is 0 Å². The number of hydrogen-bond acceptors (Lipinski definition) is 3. The molecule has 0 saturated carbocycles. The van der Waals surface area contributed by atoms with Crippen LogP contribution < -0.4 is 0 Å². The van der Waals surface area contributed by atoms with Crippen molar-refractivity contribution >= 4 is 0 Å². The molecule has 0 saturated heterocycles. The molecular formula is C9H8FN3O. The van der Waals surface area contributed by atoms with E-state index in [0.717, 1.165) is 0 Å². The van der Waals surface area contributed by atoms with Crippen molar-refractivity contribution in [1.82, 2.24) is 15.2 Å². The van der Waals surface area contributed by atoms with Gasteiger partial charge in [-0.15, -0.1) is 0 Å². The Morgan fingerprint density at radius 3 is 2.79 bits per heavy atom. The third-order valence-corrected chi connectivity index (χ3v) is 1.89. The van der Waals surface area contributed by atoms with Gasteiger partial charge in [0.25, 0.3) is 0 Å². The number of nitrogens with zero attached hydrogens (tertiary/aromatic N) is 2. The van der Waals surface area contributed by atoms with Crippen LogP contribution in [0.1, 0.15) is 17.5 Å². The lowest BCUT2D eigenvalue weighted by molar-refractivity contribution is 0.205. The summed E-state index contributed by atoms with van der Waals surface area (Å²) in [5, 5.41) is 15.8. The van der Waals surface area contributed by atoms with Crippen LogP contribution >= 0.6 is 0 Å². The molecule has 0 amide bonds. The summed E-state index contributed by atoms with van der Waals surface area (Å²) in [6, 6.07) is 6.00. The molecule has 1 heterocycles. The molecule has 1 aromatic heterocycles. The highest BCUT2D eigenvalue weighted by Crippen LogP contribution is 2.20. The lowest BCUT2D eigenvalue weighted by Gasteiger charge is -2.07. The number of halogens is 1. The molecule has 4 nitrogen and oxygen atoms in total. The molecule has 5 heteroatoms. The molecule has 2 N–H and O–H groups in total. The molecule has 14 heavy (non-hydrogen) atoms. The molecule has 0 spiro atoms. The van der Waals surface area contributed by atoms with Crippen LogP contribution in [0, 0.1) is 5.82 Å². The number of rotatable bonds is 2. The summed E-state index contributed by atoms with van der Waals surface area (Å²) in [5.41, 5.74) is 0.184. The topological polar surface area (TPSA) is 61.8 Å². The summed E-state index contributed by atoms with van der Waals surface area (Å²) in [6.45, 7) is 0. The average Bonchev–Trinajstić information content (AvgIpc) is 2.70.